The molecule has 4 rings (SSSR count). The zero-order valence-corrected chi connectivity index (χ0v) is 37.5. The van der Waals surface area contributed by atoms with Crippen LogP contribution in [0.4, 0.5) is 0 Å². The Kier molecular flexibility index (Phi) is 26.8. The van der Waals surface area contributed by atoms with E-state index in [1.807, 2.05) is 35.0 Å². The summed E-state index contributed by atoms with van der Waals surface area (Å²) in [5, 5.41) is 3.93. The minimum atomic E-state index is -0.178. The van der Waals surface area contributed by atoms with Crippen molar-refractivity contribution in [2.45, 2.75) is 51.4 Å². The normalized spacial score (nSPS) is 14.2. The summed E-state index contributed by atoms with van der Waals surface area (Å²) in [6, 6.07) is 7.80. The van der Waals surface area contributed by atoms with Crippen molar-refractivity contribution in [2.24, 2.45) is 0 Å². The average Bonchev–Trinajstić information content (AvgIpc) is 4.08. The van der Waals surface area contributed by atoms with Gasteiger partial charge in [0.25, 0.3) is 11.8 Å². The molecule has 0 saturated carbocycles. The van der Waals surface area contributed by atoms with E-state index in [2.05, 4.69) is 0 Å². The first-order valence-electron chi connectivity index (χ1n) is 21.5. The maximum absolute atomic E-state index is 14.2. The topological polar surface area (TPSA) is 133 Å². The van der Waals surface area contributed by atoms with Crippen LogP contribution in [-0.4, -0.2) is 168 Å². The van der Waals surface area contributed by atoms with Gasteiger partial charge >= 0.3 is 0 Å². The van der Waals surface area contributed by atoms with E-state index >= 15 is 0 Å². The molecule has 60 heavy (non-hydrogen) atoms. The first kappa shape index (κ1) is 50.1. The van der Waals surface area contributed by atoms with Crippen LogP contribution in [0.3, 0.4) is 0 Å². The predicted octanol–water partition coefficient (Wildman–Crippen LogP) is 6.16. The largest absolute Gasteiger partial charge is 0.385 e. The molecule has 338 valence electrons. The summed E-state index contributed by atoms with van der Waals surface area (Å²) in [6.07, 6.45) is 6.73. The number of nitrogens with zero attached hydrogens (tertiary/aromatic N) is 2. The van der Waals surface area contributed by atoms with E-state index in [9.17, 15) is 9.59 Å². The molecule has 4 heterocycles. The van der Waals surface area contributed by atoms with Crippen LogP contribution in [0.5, 0.6) is 0 Å². The molecule has 0 atom stereocenters. The van der Waals surface area contributed by atoms with Gasteiger partial charge in [-0.05, 0) is 74.3 Å². The van der Waals surface area contributed by atoms with Crippen LogP contribution < -0.4 is 0 Å². The zero-order valence-electron chi connectivity index (χ0n) is 35.9. The molecule has 2 aliphatic heterocycles. The van der Waals surface area contributed by atoms with Gasteiger partial charge in [0.1, 0.15) is 0 Å². The van der Waals surface area contributed by atoms with Gasteiger partial charge < -0.3 is 57.2 Å². The molecule has 16 heteroatoms. The first-order valence-corrected chi connectivity index (χ1v) is 23.2. The Bertz CT molecular complexity index is 1380. The third-order valence-corrected chi connectivity index (χ3v) is 11.1. The third-order valence-electron chi connectivity index (χ3n) is 9.35. The van der Waals surface area contributed by atoms with E-state index in [-0.39, 0.29) is 11.8 Å². The quantitative estimate of drug-likeness (QED) is 0.0711. The molecular weight excluding hydrogens is 813 g/mol. The fourth-order valence-electron chi connectivity index (χ4n) is 6.48. The van der Waals surface area contributed by atoms with E-state index in [0.717, 1.165) is 74.3 Å². The van der Waals surface area contributed by atoms with E-state index in [1.165, 1.54) is 22.7 Å². The van der Waals surface area contributed by atoms with Gasteiger partial charge in [0, 0.05) is 133 Å². The highest BCUT2D eigenvalue weighted by atomic mass is 32.1. The molecule has 0 bridgehead atoms. The average molecular weight is 881 g/mol. The van der Waals surface area contributed by atoms with Crippen LogP contribution in [-0.2, 0) is 57.0 Å². The van der Waals surface area contributed by atoms with Crippen LogP contribution in [0.1, 0.15) is 61.1 Å². The summed E-state index contributed by atoms with van der Waals surface area (Å²) in [5.74, 6) is -0.356. The van der Waals surface area contributed by atoms with Gasteiger partial charge in [0.05, 0.1) is 45.5 Å². The fraction of sp³-hybridized carbons (Fsp3) is 0.682. The lowest BCUT2D eigenvalue weighted by atomic mass is 10.1. The van der Waals surface area contributed by atoms with Crippen molar-refractivity contribution in [2.75, 3.05) is 146 Å². The molecule has 2 aliphatic rings. The van der Waals surface area contributed by atoms with Crippen molar-refractivity contribution >= 4 is 45.9 Å². The number of methoxy groups -OCH3 is 2. The van der Waals surface area contributed by atoms with Gasteiger partial charge in [-0.1, -0.05) is 12.1 Å². The number of carbonyl (C=O) groups excluding carboxylic acids is 2. The molecule has 0 aliphatic carbocycles. The van der Waals surface area contributed by atoms with Gasteiger partial charge in [-0.2, -0.15) is 0 Å². The first-order chi connectivity index (χ1) is 29.7. The molecule has 0 radical (unpaired) electrons. The number of fused-ring (bicyclic) bond motifs is 1. The summed E-state index contributed by atoms with van der Waals surface area (Å²) in [6.45, 7) is 11.8. The molecule has 14 nitrogen and oxygen atoms in total. The second-order valence-electron chi connectivity index (χ2n) is 14.0. The van der Waals surface area contributed by atoms with E-state index in [0.29, 0.717) is 141 Å². The Morgan fingerprint density at radius 1 is 0.400 bits per heavy atom. The minimum Gasteiger partial charge on any atom is -0.385 e. The van der Waals surface area contributed by atoms with E-state index < -0.39 is 0 Å². The number of thiophene rings is 2. The molecule has 0 saturated heterocycles. The monoisotopic (exact) mass is 880 g/mol. The maximum atomic E-state index is 14.2. The zero-order chi connectivity index (χ0) is 42.3. The molecule has 2 aromatic heterocycles. The van der Waals surface area contributed by atoms with Gasteiger partial charge in [0.2, 0.25) is 0 Å². The Morgan fingerprint density at radius 3 is 0.917 bits per heavy atom. The fourth-order valence-corrected chi connectivity index (χ4v) is 8.05. The standard InChI is InChI=1S/C44H68N2O12S2/c1-49-17-5-19-51-21-7-23-53-25-9-27-55-29-11-31-57-33-15-45-41(37-13-3-35-59-37)39-40(43(45)47)42(38-14-4-36-60-38)46(44(39)48)16-34-58-32-12-30-56-28-10-26-54-24-8-22-52-20-6-18-50-2/h3-4,13-14,35-36H,5-12,15-34H2,1-2H3. The van der Waals surface area contributed by atoms with Gasteiger partial charge in [-0.25, -0.2) is 0 Å². The van der Waals surface area contributed by atoms with Crippen molar-refractivity contribution < 1.29 is 57.0 Å². The lowest BCUT2D eigenvalue weighted by Crippen LogP contribution is -2.33. The second-order valence-corrected chi connectivity index (χ2v) is 15.9. The molecular formula is C44H68N2O12S2. The molecule has 2 amide bonds. The maximum Gasteiger partial charge on any atom is 0.261 e. The molecule has 0 spiro atoms. The summed E-state index contributed by atoms with van der Waals surface area (Å²) >= 11 is 3.03. The smallest absolute Gasteiger partial charge is 0.261 e. The SMILES string of the molecule is COCCCOCCCOCCCOCCCOCCN1C(=O)C2=C(c3cccs3)N(CCOCCCOCCCOCCCOCCCOC)C(=O)C2=C1c1cccs1. The van der Waals surface area contributed by atoms with Crippen molar-refractivity contribution in [3.05, 3.63) is 55.9 Å². The Hall–Kier alpha value is -2.58. The van der Waals surface area contributed by atoms with Crippen molar-refractivity contribution in [1.29, 1.82) is 0 Å². The number of hydrogen-bond acceptors (Lipinski definition) is 14. The van der Waals surface area contributed by atoms with E-state index in [1.54, 1.807) is 24.0 Å². The Balaban J connectivity index is 1.12. The van der Waals surface area contributed by atoms with E-state index in [4.69, 9.17) is 47.4 Å². The number of ether oxygens (including phenoxy) is 10. The lowest BCUT2D eigenvalue weighted by Gasteiger charge is -2.24. The molecule has 0 N–H and O–H groups in total. The number of amides is 2. The Labute approximate surface area is 364 Å². The highest BCUT2D eigenvalue weighted by Gasteiger charge is 2.49. The number of rotatable bonds is 40. The van der Waals surface area contributed by atoms with Gasteiger partial charge in [0.15, 0.2) is 0 Å². The number of hydrogen-bond donors (Lipinski definition) is 0. The van der Waals surface area contributed by atoms with Gasteiger partial charge in [-0.15, -0.1) is 22.7 Å². The second kappa shape index (κ2) is 32.1. The van der Waals surface area contributed by atoms with Crippen molar-refractivity contribution in [3.63, 3.8) is 0 Å². The van der Waals surface area contributed by atoms with Crippen LogP contribution in [0.25, 0.3) is 11.4 Å². The highest BCUT2D eigenvalue weighted by Crippen LogP contribution is 2.47. The highest BCUT2D eigenvalue weighted by molar-refractivity contribution is 7.11. The van der Waals surface area contributed by atoms with Gasteiger partial charge in [-0.3, -0.25) is 9.59 Å². The summed E-state index contributed by atoms with van der Waals surface area (Å²) in [5.41, 5.74) is 2.22. The van der Waals surface area contributed by atoms with Crippen LogP contribution in [0.15, 0.2) is 46.2 Å². The number of carbonyl (C=O) groups is 2. The third kappa shape index (κ3) is 18.0. The predicted molar refractivity (Wildman–Crippen MR) is 233 cm³/mol. The van der Waals surface area contributed by atoms with Crippen LogP contribution in [0.2, 0.25) is 0 Å². The summed E-state index contributed by atoms with van der Waals surface area (Å²) < 4.78 is 55.8. The van der Waals surface area contributed by atoms with Crippen molar-refractivity contribution in [1.82, 2.24) is 9.80 Å². The van der Waals surface area contributed by atoms with Crippen LogP contribution >= 0.6 is 22.7 Å². The molecule has 0 fully saturated rings. The summed E-state index contributed by atoms with van der Waals surface area (Å²) in [4.78, 5) is 33.7. The lowest BCUT2D eigenvalue weighted by molar-refractivity contribution is -0.124. The Morgan fingerprint density at radius 2 is 0.667 bits per heavy atom. The summed E-state index contributed by atoms with van der Waals surface area (Å²) in [7, 11) is 3.39. The molecule has 0 unspecified atom stereocenters. The molecule has 0 aromatic carbocycles. The van der Waals surface area contributed by atoms with Crippen LogP contribution in [0, 0.1) is 0 Å². The minimum absolute atomic E-state index is 0.178. The van der Waals surface area contributed by atoms with Crippen molar-refractivity contribution in [3.8, 4) is 0 Å². The molecule has 2 aromatic rings.